The number of rotatable bonds is 1. The lowest BCUT2D eigenvalue weighted by molar-refractivity contribution is -0.138. The average molecular weight is 198 g/mol. The zero-order valence-electron chi connectivity index (χ0n) is 8.66. The largest absolute Gasteiger partial charge is 0.390 e. The van der Waals surface area contributed by atoms with Crippen molar-refractivity contribution in [2.45, 2.75) is 38.2 Å². The Morgan fingerprint density at radius 1 is 1.57 bits per heavy atom. The molecule has 80 valence electrons. The number of Topliss-reactive ketones (excluding diaryl/α,β-unsaturated/α-hetero) is 1. The minimum absolute atomic E-state index is 0.0544. The topological polar surface area (TPSA) is 46.5 Å². The third kappa shape index (κ3) is 1.71. The molecular weight excluding hydrogens is 180 g/mol. The molecule has 1 aliphatic carbocycles. The molecule has 3 heteroatoms. The molecule has 0 spiro atoms. The van der Waals surface area contributed by atoms with Gasteiger partial charge in [0.1, 0.15) is 5.78 Å². The molecule has 2 fully saturated rings. The highest BCUT2D eigenvalue weighted by molar-refractivity contribution is 5.82. The summed E-state index contributed by atoms with van der Waals surface area (Å²) in [6.07, 6.45) is 3.34. The van der Waals surface area contributed by atoms with E-state index >= 15 is 0 Å². The van der Waals surface area contributed by atoms with Crippen LogP contribution in [-0.2, 0) is 9.53 Å². The highest BCUT2D eigenvalue weighted by Gasteiger charge is 2.44. The molecular formula is C11H18O3. The second kappa shape index (κ2) is 3.63. The van der Waals surface area contributed by atoms with Crippen LogP contribution in [-0.4, -0.2) is 29.7 Å². The predicted octanol–water partition coefficient (Wildman–Crippen LogP) is 1.14. The summed E-state index contributed by atoms with van der Waals surface area (Å²) in [6.45, 7) is 2.93. The third-order valence-electron chi connectivity index (χ3n) is 3.69. The van der Waals surface area contributed by atoms with E-state index in [0.717, 1.165) is 19.3 Å². The Labute approximate surface area is 84.4 Å². The maximum absolute atomic E-state index is 11.7. The number of hydrogen-bond donors (Lipinski definition) is 1. The molecule has 2 aliphatic rings. The molecule has 0 bridgehead atoms. The molecule has 1 saturated carbocycles. The molecule has 3 nitrogen and oxygen atoms in total. The van der Waals surface area contributed by atoms with Gasteiger partial charge in [0.2, 0.25) is 0 Å². The van der Waals surface area contributed by atoms with Crippen molar-refractivity contribution in [1.29, 1.82) is 0 Å². The second-order valence-electron chi connectivity index (χ2n) is 4.75. The maximum Gasteiger partial charge on any atom is 0.140 e. The van der Waals surface area contributed by atoms with Gasteiger partial charge in [0.05, 0.1) is 18.8 Å². The van der Waals surface area contributed by atoms with Gasteiger partial charge in [-0.05, 0) is 25.7 Å². The summed E-state index contributed by atoms with van der Waals surface area (Å²) >= 11 is 0. The van der Waals surface area contributed by atoms with Crippen LogP contribution in [0.3, 0.4) is 0 Å². The highest BCUT2D eigenvalue weighted by atomic mass is 16.5. The normalized spacial score (nSPS) is 44.3. The lowest BCUT2D eigenvalue weighted by Gasteiger charge is -2.33. The number of hydrogen-bond acceptors (Lipinski definition) is 3. The van der Waals surface area contributed by atoms with Crippen LogP contribution < -0.4 is 0 Å². The van der Waals surface area contributed by atoms with E-state index in [9.17, 15) is 9.90 Å². The van der Waals surface area contributed by atoms with E-state index in [4.69, 9.17) is 4.74 Å². The zero-order valence-corrected chi connectivity index (χ0v) is 8.66. The quantitative estimate of drug-likeness (QED) is 0.687. The zero-order chi connectivity index (χ0) is 10.2. The summed E-state index contributed by atoms with van der Waals surface area (Å²) < 4.78 is 5.33. The Hall–Kier alpha value is -0.410. The van der Waals surface area contributed by atoms with E-state index in [-0.39, 0.29) is 17.6 Å². The number of ketones is 1. The summed E-state index contributed by atoms with van der Waals surface area (Å²) in [5.41, 5.74) is -0.652. The lowest BCUT2D eigenvalue weighted by atomic mass is 9.78. The molecule has 2 rings (SSSR count). The van der Waals surface area contributed by atoms with Crippen molar-refractivity contribution in [2.75, 3.05) is 13.2 Å². The van der Waals surface area contributed by atoms with Gasteiger partial charge in [0.15, 0.2) is 0 Å². The number of carbonyl (C=O) groups excluding carboxylic acids is 1. The summed E-state index contributed by atoms with van der Waals surface area (Å²) in [5.74, 6) is 0.347. The number of aliphatic hydroxyl groups is 1. The van der Waals surface area contributed by atoms with Crippen molar-refractivity contribution in [3.63, 3.8) is 0 Å². The van der Waals surface area contributed by atoms with Gasteiger partial charge >= 0.3 is 0 Å². The standard InChI is InChI=1S/C11H18O3/c1-11(13)5-2-3-9(11)8-7-14-6-4-10(8)12/h8-9,13H,2-7H2,1H3. The molecule has 0 aromatic heterocycles. The summed E-state index contributed by atoms with van der Waals surface area (Å²) in [4.78, 5) is 11.7. The smallest absolute Gasteiger partial charge is 0.140 e. The first-order valence-corrected chi connectivity index (χ1v) is 5.44. The fourth-order valence-corrected chi connectivity index (χ4v) is 2.81. The predicted molar refractivity (Wildman–Crippen MR) is 51.9 cm³/mol. The van der Waals surface area contributed by atoms with Crippen LogP contribution in [0.4, 0.5) is 0 Å². The first kappa shape index (κ1) is 10.1. The van der Waals surface area contributed by atoms with E-state index in [1.54, 1.807) is 0 Å². The number of carbonyl (C=O) groups is 1. The molecule has 0 aromatic carbocycles. The Bertz CT molecular complexity index is 235. The summed E-state index contributed by atoms with van der Waals surface area (Å²) in [6, 6.07) is 0. The van der Waals surface area contributed by atoms with Crippen LogP contribution >= 0.6 is 0 Å². The molecule has 1 N–H and O–H groups in total. The van der Waals surface area contributed by atoms with Crippen molar-refractivity contribution in [1.82, 2.24) is 0 Å². The number of ether oxygens (including phenoxy) is 1. The minimum atomic E-state index is -0.652. The van der Waals surface area contributed by atoms with Gasteiger partial charge in [-0.3, -0.25) is 4.79 Å². The van der Waals surface area contributed by atoms with Crippen LogP contribution in [0.2, 0.25) is 0 Å². The first-order chi connectivity index (χ1) is 6.61. The highest BCUT2D eigenvalue weighted by Crippen LogP contribution is 2.41. The van der Waals surface area contributed by atoms with E-state index in [0.29, 0.717) is 19.6 Å². The van der Waals surface area contributed by atoms with Crippen molar-refractivity contribution >= 4 is 5.78 Å². The van der Waals surface area contributed by atoms with Gasteiger partial charge in [-0.15, -0.1) is 0 Å². The van der Waals surface area contributed by atoms with Crippen molar-refractivity contribution in [2.24, 2.45) is 11.8 Å². The molecule has 1 saturated heterocycles. The van der Waals surface area contributed by atoms with Crippen LogP contribution in [0.15, 0.2) is 0 Å². The molecule has 1 aliphatic heterocycles. The second-order valence-corrected chi connectivity index (χ2v) is 4.75. The van der Waals surface area contributed by atoms with Crippen LogP contribution in [0.1, 0.15) is 32.6 Å². The first-order valence-electron chi connectivity index (χ1n) is 5.44. The SMILES string of the molecule is CC1(O)CCCC1C1COCCC1=O. The van der Waals surface area contributed by atoms with E-state index in [2.05, 4.69) is 0 Å². The average Bonchev–Trinajstić information content (AvgIpc) is 2.46. The van der Waals surface area contributed by atoms with Gasteiger partial charge < -0.3 is 9.84 Å². The summed E-state index contributed by atoms with van der Waals surface area (Å²) in [7, 11) is 0. The van der Waals surface area contributed by atoms with Gasteiger partial charge in [-0.1, -0.05) is 6.42 Å². The van der Waals surface area contributed by atoms with Gasteiger partial charge in [-0.25, -0.2) is 0 Å². The van der Waals surface area contributed by atoms with E-state index < -0.39 is 5.60 Å². The molecule has 0 amide bonds. The minimum Gasteiger partial charge on any atom is -0.390 e. The van der Waals surface area contributed by atoms with Crippen molar-refractivity contribution < 1.29 is 14.6 Å². The summed E-state index contributed by atoms with van der Waals surface area (Å²) in [5, 5.41) is 10.1. The van der Waals surface area contributed by atoms with E-state index in [1.807, 2.05) is 6.92 Å². The maximum atomic E-state index is 11.7. The molecule has 1 heterocycles. The molecule has 0 aromatic rings. The van der Waals surface area contributed by atoms with E-state index in [1.165, 1.54) is 0 Å². The third-order valence-corrected chi connectivity index (χ3v) is 3.69. The molecule has 3 unspecified atom stereocenters. The van der Waals surface area contributed by atoms with Crippen LogP contribution in [0.25, 0.3) is 0 Å². The van der Waals surface area contributed by atoms with Gasteiger partial charge in [-0.2, -0.15) is 0 Å². The Morgan fingerprint density at radius 3 is 2.93 bits per heavy atom. The lowest BCUT2D eigenvalue weighted by Crippen LogP contribution is -2.42. The molecule has 3 atom stereocenters. The van der Waals surface area contributed by atoms with Crippen LogP contribution in [0.5, 0.6) is 0 Å². The fourth-order valence-electron chi connectivity index (χ4n) is 2.81. The van der Waals surface area contributed by atoms with Gasteiger partial charge in [0.25, 0.3) is 0 Å². The van der Waals surface area contributed by atoms with Crippen molar-refractivity contribution in [3.05, 3.63) is 0 Å². The monoisotopic (exact) mass is 198 g/mol. The van der Waals surface area contributed by atoms with Crippen LogP contribution in [0, 0.1) is 11.8 Å². The molecule has 0 radical (unpaired) electrons. The van der Waals surface area contributed by atoms with Gasteiger partial charge in [0, 0.05) is 12.3 Å². The Morgan fingerprint density at radius 2 is 2.36 bits per heavy atom. The Kier molecular flexibility index (Phi) is 2.62. The fraction of sp³-hybridized carbons (Fsp3) is 0.909. The molecule has 14 heavy (non-hydrogen) atoms. The Balaban J connectivity index is 2.09. The van der Waals surface area contributed by atoms with Crippen molar-refractivity contribution in [3.8, 4) is 0 Å².